The highest BCUT2D eigenvalue weighted by atomic mass is 16.5. The molecule has 1 aliphatic rings. The molecule has 2 rings (SSSR count). The standard InChI is InChI=1S/C16H21NO3/c1-11-9-14(11)15(18)17(12(2)16(19)20-3)10-13-7-5-4-6-8-13/h4-8,11-12,14H,9-10H2,1-3H3/t11?,12-,14?/m0/s1. The number of hydrogen-bond donors (Lipinski definition) is 0. The lowest BCUT2D eigenvalue weighted by Gasteiger charge is -2.28. The number of benzene rings is 1. The first kappa shape index (κ1) is 14.6. The van der Waals surface area contributed by atoms with Crippen LogP contribution in [0.5, 0.6) is 0 Å². The summed E-state index contributed by atoms with van der Waals surface area (Å²) in [5.74, 6) is 0.165. The number of methoxy groups -OCH3 is 1. The number of esters is 1. The van der Waals surface area contributed by atoms with E-state index in [9.17, 15) is 9.59 Å². The quantitative estimate of drug-likeness (QED) is 0.774. The Balaban J connectivity index is 2.15. The highest BCUT2D eigenvalue weighted by Crippen LogP contribution is 2.39. The number of ether oxygens (including phenoxy) is 1. The fourth-order valence-corrected chi connectivity index (χ4v) is 2.36. The Kier molecular flexibility index (Phi) is 4.42. The van der Waals surface area contributed by atoms with E-state index in [1.165, 1.54) is 7.11 Å². The van der Waals surface area contributed by atoms with Gasteiger partial charge in [0.1, 0.15) is 6.04 Å². The van der Waals surface area contributed by atoms with Crippen molar-refractivity contribution in [3.05, 3.63) is 35.9 Å². The maximum absolute atomic E-state index is 12.5. The molecule has 0 radical (unpaired) electrons. The van der Waals surface area contributed by atoms with Crippen molar-refractivity contribution in [3.63, 3.8) is 0 Å². The van der Waals surface area contributed by atoms with Crippen LogP contribution < -0.4 is 0 Å². The second-order valence-corrected chi connectivity index (χ2v) is 5.47. The molecule has 0 saturated heterocycles. The van der Waals surface area contributed by atoms with Gasteiger partial charge in [0, 0.05) is 12.5 Å². The van der Waals surface area contributed by atoms with Crippen molar-refractivity contribution in [3.8, 4) is 0 Å². The average Bonchev–Trinajstić information content (AvgIpc) is 3.20. The van der Waals surface area contributed by atoms with Crippen LogP contribution in [-0.2, 0) is 20.9 Å². The van der Waals surface area contributed by atoms with E-state index in [0.29, 0.717) is 12.5 Å². The molecule has 1 fully saturated rings. The summed E-state index contributed by atoms with van der Waals surface area (Å²) in [5.41, 5.74) is 1.02. The van der Waals surface area contributed by atoms with Crippen molar-refractivity contribution in [2.75, 3.05) is 7.11 Å². The molecular formula is C16H21NO3. The molecule has 0 N–H and O–H groups in total. The Morgan fingerprint density at radius 1 is 1.35 bits per heavy atom. The highest BCUT2D eigenvalue weighted by molar-refractivity contribution is 5.87. The summed E-state index contributed by atoms with van der Waals surface area (Å²) in [6.45, 7) is 4.23. The number of rotatable bonds is 5. The lowest BCUT2D eigenvalue weighted by atomic mass is 10.1. The largest absolute Gasteiger partial charge is 0.467 e. The third-order valence-electron chi connectivity index (χ3n) is 3.92. The maximum Gasteiger partial charge on any atom is 0.328 e. The van der Waals surface area contributed by atoms with Crippen molar-refractivity contribution in [1.82, 2.24) is 4.90 Å². The number of hydrogen-bond acceptors (Lipinski definition) is 3. The molecule has 1 aromatic carbocycles. The second-order valence-electron chi connectivity index (χ2n) is 5.47. The molecule has 1 amide bonds. The second kappa shape index (κ2) is 6.07. The van der Waals surface area contributed by atoms with Crippen LogP contribution in [0.25, 0.3) is 0 Å². The van der Waals surface area contributed by atoms with Gasteiger partial charge in [-0.05, 0) is 24.8 Å². The zero-order chi connectivity index (χ0) is 14.7. The molecule has 0 aromatic heterocycles. The summed E-state index contributed by atoms with van der Waals surface area (Å²) >= 11 is 0. The number of amides is 1. The topological polar surface area (TPSA) is 46.6 Å². The molecule has 4 heteroatoms. The van der Waals surface area contributed by atoms with Crippen LogP contribution in [0.4, 0.5) is 0 Å². The first-order valence-corrected chi connectivity index (χ1v) is 6.96. The van der Waals surface area contributed by atoms with Crippen LogP contribution in [0.3, 0.4) is 0 Å². The van der Waals surface area contributed by atoms with E-state index < -0.39 is 6.04 Å². The zero-order valence-corrected chi connectivity index (χ0v) is 12.2. The molecule has 0 spiro atoms. The van der Waals surface area contributed by atoms with Gasteiger partial charge in [-0.25, -0.2) is 4.79 Å². The smallest absolute Gasteiger partial charge is 0.328 e. The van der Waals surface area contributed by atoms with E-state index in [-0.39, 0.29) is 17.8 Å². The fourth-order valence-electron chi connectivity index (χ4n) is 2.36. The Morgan fingerprint density at radius 3 is 2.45 bits per heavy atom. The molecule has 1 aromatic rings. The predicted octanol–water partition coefficient (Wildman–Crippen LogP) is 2.23. The summed E-state index contributed by atoms with van der Waals surface area (Å²) in [5, 5.41) is 0. The summed E-state index contributed by atoms with van der Waals surface area (Å²) in [6.07, 6.45) is 0.915. The van der Waals surface area contributed by atoms with Crippen molar-refractivity contribution in [1.29, 1.82) is 0 Å². The van der Waals surface area contributed by atoms with Crippen LogP contribution in [0.1, 0.15) is 25.8 Å². The van der Waals surface area contributed by atoms with Gasteiger partial charge in [-0.2, -0.15) is 0 Å². The lowest BCUT2D eigenvalue weighted by molar-refractivity contribution is -0.153. The van der Waals surface area contributed by atoms with Crippen molar-refractivity contribution >= 4 is 11.9 Å². The van der Waals surface area contributed by atoms with Crippen LogP contribution in [0.15, 0.2) is 30.3 Å². The number of nitrogens with zero attached hydrogens (tertiary/aromatic N) is 1. The van der Waals surface area contributed by atoms with E-state index in [4.69, 9.17) is 4.74 Å². The van der Waals surface area contributed by atoms with Crippen LogP contribution >= 0.6 is 0 Å². The monoisotopic (exact) mass is 275 g/mol. The van der Waals surface area contributed by atoms with E-state index in [1.54, 1.807) is 11.8 Å². The Labute approximate surface area is 119 Å². The first-order chi connectivity index (χ1) is 9.54. The summed E-state index contributed by atoms with van der Waals surface area (Å²) < 4.78 is 4.77. The van der Waals surface area contributed by atoms with E-state index in [2.05, 4.69) is 6.92 Å². The number of carbonyl (C=O) groups excluding carboxylic acids is 2. The van der Waals surface area contributed by atoms with E-state index in [1.807, 2.05) is 30.3 Å². The Hall–Kier alpha value is -1.84. The third-order valence-corrected chi connectivity index (χ3v) is 3.92. The summed E-state index contributed by atoms with van der Waals surface area (Å²) in [6, 6.07) is 9.16. The van der Waals surface area contributed by atoms with Crippen molar-refractivity contribution < 1.29 is 14.3 Å². The van der Waals surface area contributed by atoms with E-state index in [0.717, 1.165) is 12.0 Å². The van der Waals surface area contributed by atoms with Gasteiger partial charge >= 0.3 is 5.97 Å². The normalized spacial score (nSPS) is 21.9. The molecule has 0 aliphatic heterocycles. The minimum Gasteiger partial charge on any atom is -0.467 e. The lowest BCUT2D eigenvalue weighted by Crippen LogP contribution is -2.44. The van der Waals surface area contributed by atoms with Gasteiger partial charge in [0.15, 0.2) is 0 Å². The molecule has 4 nitrogen and oxygen atoms in total. The Morgan fingerprint density at radius 2 is 1.95 bits per heavy atom. The minimum absolute atomic E-state index is 0.0549. The molecule has 20 heavy (non-hydrogen) atoms. The van der Waals surface area contributed by atoms with Crippen LogP contribution in [0, 0.1) is 11.8 Å². The molecule has 0 bridgehead atoms. The Bertz CT molecular complexity index is 486. The van der Waals surface area contributed by atoms with Gasteiger partial charge in [0.2, 0.25) is 5.91 Å². The molecule has 3 atom stereocenters. The zero-order valence-electron chi connectivity index (χ0n) is 12.2. The predicted molar refractivity (Wildman–Crippen MR) is 75.7 cm³/mol. The fraction of sp³-hybridized carbons (Fsp3) is 0.500. The molecule has 1 saturated carbocycles. The molecular weight excluding hydrogens is 254 g/mol. The van der Waals surface area contributed by atoms with Crippen LogP contribution in [-0.4, -0.2) is 29.9 Å². The number of carbonyl (C=O) groups is 2. The first-order valence-electron chi connectivity index (χ1n) is 6.96. The molecule has 108 valence electrons. The minimum atomic E-state index is -0.555. The SMILES string of the molecule is COC(=O)[C@H](C)N(Cc1ccccc1)C(=O)C1CC1C. The van der Waals surface area contributed by atoms with Gasteiger partial charge in [0.25, 0.3) is 0 Å². The summed E-state index contributed by atoms with van der Waals surface area (Å²) in [4.78, 5) is 25.9. The van der Waals surface area contributed by atoms with Gasteiger partial charge in [-0.15, -0.1) is 0 Å². The van der Waals surface area contributed by atoms with Crippen molar-refractivity contribution in [2.45, 2.75) is 32.9 Å². The van der Waals surface area contributed by atoms with E-state index >= 15 is 0 Å². The van der Waals surface area contributed by atoms with Gasteiger partial charge in [-0.1, -0.05) is 37.3 Å². The highest BCUT2D eigenvalue weighted by Gasteiger charge is 2.43. The molecule has 1 aliphatic carbocycles. The van der Waals surface area contributed by atoms with Gasteiger partial charge in [-0.3, -0.25) is 4.79 Å². The molecule has 0 heterocycles. The maximum atomic E-state index is 12.5. The summed E-state index contributed by atoms with van der Waals surface area (Å²) in [7, 11) is 1.35. The average molecular weight is 275 g/mol. The molecule has 2 unspecified atom stereocenters. The van der Waals surface area contributed by atoms with Crippen LogP contribution in [0.2, 0.25) is 0 Å². The third kappa shape index (κ3) is 3.18. The van der Waals surface area contributed by atoms with Gasteiger partial charge in [0.05, 0.1) is 7.11 Å². The van der Waals surface area contributed by atoms with Crippen molar-refractivity contribution in [2.24, 2.45) is 11.8 Å². The van der Waals surface area contributed by atoms with Gasteiger partial charge < -0.3 is 9.64 Å².